The van der Waals surface area contributed by atoms with E-state index < -0.39 is 0 Å². The maximum atomic E-state index is 5.67. The first kappa shape index (κ1) is 11.8. The number of nitrogens with one attached hydrogen (secondary N) is 1. The van der Waals surface area contributed by atoms with Crippen LogP contribution in [0.1, 0.15) is 6.42 Å². The highest BCUT2D eigenvalue weighted by Gasteiger charge is 2.22. The van der Waals surface area contributed by atoms with E-state index in [0.717, 1.165) is 36.7 Å². The van der Waals surface area contributed by atoms with Gasteiger partial charge < -0.3 is 19.7 Å². The van der Waals surface area contributed by atoms with Crippen molar-refractivity contribution in [2.24, 2.45) is 4.99 Å². The van der Waals surface area contributed by atoms with E-state index in [4.69, 9.17) is 9.47 Å². The van der Waals surface area contributed by atoms with Gasteiger partial charge in [0.25, 0.3) is 0 Å². The molecule has 5 heteroatoms. The third-order valence-corrected chi connectivity index (χ3v) is 3.86. The van der Waals surface area contributed by atoms with Gasteiger partial charge in [-0.25, -0.2) is 0 Å². The van der Waals surface area contributed by atoms with Crippen LogP contribution in [-0.2, 0) is 0 Å². The second-order valence-corrected chi connectivity index (χ2v) is 5.11. The smallest absolute Gasteiger partial charge is 0.163 e. The average molecular weight is 271 g/mol. The second-order valence-electron chi connectivity index (χ2n) is 5.11. The summed E-state index contributed by atoms with van der Waals surface area (Å²) in [5.74, 6) is 1.67. The molecular formula is C15H17N3O2. The van der Waals surface area contributed by atoms with Crippen LogP contribution in [0.2, 0.25) is 0 Å². The van der Waals surface area contributed by atoms with Crippen molar-refractivity contribution in [2.45, 2.75) is 6.42 Å². The zero-order chi connectivity index (χ0) is 13.4. The van der Waals surface area contributed by atoms with Gasteiger partial charge >= 0.3 is 0 Å². The minimum absolute atomic E-state index is 0.618. The highest BCUT2D eigenvalue weighted by molar-refractivity contribution is 5.84. The Morgan fingerprint density at radius 1 is 1.15 bits per heavy atom. The SMILES string of the molecule is C1=NCN(c2ccc3c(c2)OCCO3)C2=C1CNCC2. The standard InChI is InChI=1S/C15H17N3O2/c1-2-14-15(20-6-5-19-14)7-12(1)18-10-17-9-11-8-16-4-3-13(11)18/h1-2,7,9,16H,3-6,8,10H2. The van der Waals surface area contributed by atoms with Crippen molar-refractivity contribution >= 4 is 11.9 Å². The fourth-order valence-corrected chi connectivity index (χ4v) is 2.88. The molecule has 0 aromatic heterocycles. The van der Waals surface area contributed by atoms with Gasteiger partial charge in [-0.1, -0.05) is 0 Å². The molecule has 0 saturated heterocycles. The van der Waals surface area contributed by atoms with Gasteiger partial charge in [-0.2, -0.15) is 0 Å². The largest absolute Gasteiger partial charge is 0.486 e. The quantitative estimate of drug-likeness (QED) is 0.842. The number of ether oxygens (including phenoxy) is 2. The summed E-state index contributed by atoms with van der Waals surface area (Å²) in [5, 5.41) is 3.39. The molecule has 0 radical (unpaired) electrons. The highest BCUT2D eigenvalue weighted by atomic mass is 16.6. The maximum absolute atomic E-state index is 5.67. The van der Waals surface area contributed by atoms with Gasteiger partial charge in [-0.15, -0.1) is 0 Å². The molecule has 4 rings (SSSR count). The van der Waals surface area contributed by atoms with E-state index in [1.807, 2.05) is 12.3 Å². The number of fused-ring (bicyclic) bond motifs is 1. The maximum Gasteiger partial charge on any atom is 0.163 e. The van der Waals surface area contributed by atoms with Gasteiger partial charge in [0.1, 0.15) is 19.9 Å². The summed E-state index contributed by atoms with van der Waals surface area (Å²) in [5.41, 5.74) is 3.79. The molecule has 0 aliphatic carbocycles. The molecule has 3 heterocycles. The molecule has 0 saturated carbocycles. The molecular weight excluding hydrogens is 254 g/mol. The Morgan fingerprint density at radius 2 is 2.05 bits per heavy atom. The fourth-order valence-electron chi connectivity index (χ4n) is 2.88. The summed E-state index contributed by atoms with van der Waals surface area (Å²) in [6.45, 7) is 3.85. The first-order valence-corrected chi connectivity index (χ1v) is 7.01. The molecule has 0 unspecified atom stereocenters. The highest BCUT2D eigenvalue weighted by Crippen LogP contribution is 2.36. The third kappa shape index (κ3) is 1.94. The van der Waals surface area contributed by atoms with Crippen molar-refractivity contribution in [1.29, 1.82) is 0 Å². The summed E-state index contributed by atoms with van der Waals surface area (Å²) in [6.07, 6.45) is 3.03. The van der Waals surface area contributed by atoms with Crippen molar-refractivity contribution in [1.82, 2.24) is 5.32 Å². The summed E-state index contributed by atoms with van der Waals surface area (Å²) < 4.78 is 11.2. The Labute approximate surface area is 117 Å². The van der Waals surface area contributed by atoms with Crippen LogP contribution in [0, 0.1) is 0 Å². The lowest BCUT2D eigenvalue weighted by molar-refractivity contribution is 0.171. The Kier molecular flexibility index (Phi) is 2.85. The number of aliphatic imine (C=N–C) groups is 1. The van der Waals surface area contributed by atoms with E-state index in [2.05, 4.69) is 27.3 Å². The van der Waals surface area contributed by atoms with Gasteiger partial charge in [0.2, 0.25) is 0 Å². The number of hydrogen-bond acceptors (Lipinski definition) is 5. The van der Waals surface area contributed by atoms with E-state index in [1.54, 1.807) is 0 Å². The van der Waals surface area contributed by atoms with Crippen molar-refractivity contribution in [2.75, 3.05) is 37.9 Å². The monoisotopic (exact) mass is 271 g/mol. The molecule has 5 nitrogen and oxygen atoms in total. The van der Waals surface area contributed by atoms with Crippen LogP contribution in [0.25, 0.3) is 0 Å². The first-order chi connectivity index (χ1) is 9.92. The molecule has 104 valence electrons. The summed E-state index contributed by atoms with van der Waals surface area (Å²) >= 11 is 0. The van der Waals surface area contributed by atoms with Crippen molar-refractivity contribution in [3.63, 3.8) is 0 Å². The van der Waals surface area contributed by atoms with Gasteiger partial charge in [0.15, 0.2) is 11.5 Å². The number of nitrogens with zero attached hydrogens (tertiary/aromatic N) is 2. The van der Waals surface area contributed by atoms with Gasteiger partial charge in [-0.3, -0.25) is 4.99 Å². The molecule has 0 spiro atoms. The Hall–Kier alpha value is -2.01. The van der Waals surface area contributed by atoms with Crippen LogP contribution < -0.4 is 19.7 Å². The topological polar surface area (TPSA) is 46.1 Å². The molecule has 3 aliphatic rings. The van der Waals surface area contributed by atoms with Gasteiger partial charge in [0, 0.05) is 48.7 Å². The fraction of sp³-hybridized carbons (Fsp3) is 0.400. The predicted molar refractivity (Wildman–Crippen MR) is 77.8 cm³/mol. The van der Waals surface area contributed by atoms with Gasteiger partial charge in [0.05, 0.1) is 0 Å². The van der Waals surface area contributed by atoms with Crippen LogP contribution in [0.3, 0.4) is 0 Å². The molecule has 1 aromatic rings. The Bertz CT molecular complexity index is 595. The predicted octanol–water partition coefficient (Wildman–Crippen LogP) is 1.55. The molecule has 1 aromatic carbocycles. The lowest BCUT2D eigenvalue weighted by Crippen LogP contribution is -2.36. The Morgan fingerprint density at radius 3 is 3.00 bits per heavy atom. The van der Waals surface area contributed by atoms with E-state index in [-0.39, 0.29) is 0 Å². The van der Waals surface area contributed by atoms with Crippen LogP contribution in [0.15, 0.2) is 34.5 Å². The molecule has 3 aliphatic heterocycles. The van der Waals surface area contributed by atoms with E-state index in [0.29, 0.717) is 19.9 Å². The lowest BCUT2D eigenvalue weighted by Gasteiger charge is -2.33. The number of hydrogen-bond donors (Lipinski definition) is 1. The van der Waals surface area contributed by atoms with Crippen LogP contribution in [-0.4, -0.2) is 39.2 Å². The van der Waals surface area contributed by atoms with E-state index >= 15 is 0 Å². The van der Waals surface area contributed by atoms with E-state index in [1.165, 1.54) is 11.3 Å². The second kappa shape index (κ2) is 4.83. The lowest BCUT2D eigenvalue weighted by atomic mass is 10.1. The minimum atomic E-state index is 0.618. The molecule has 0 atom stereocenters. The van der Waals surface area contributed by atoms with Gasteiger partial charge in [-0.05, 0) is 12.1 Å². The molecule has 0 bridgehead atoms. The normalized spacial score (nSPS) is 20.9. The van der Waals surface area contributed by atoms with Crippen molar-refractivity contribution in [3.8, 4) is 11.5 Å². The molecule has 20 heavy (non-hydrogen) atoms. The number of rotatable bonds is 1. The third-order valence-electron chi connectivity index (χ3n) is 3.86. The zero-order valence-corrected chi connectivity index (χ0v) is 11.3. The molecule has 0 fully saturated rings. The zero-order valence-electron chi connectivity index (χ0n) is 11.3. The number of benzene rings is 1. The van der Waals surface area contributed by atoms with Crippen LogP contribution in [0.4, 0.5) is 5.69 Å². The summed E-state index contributed by atoms with van der Waals surface area (Å²) in [6, 6.07) is 6.13. The first-order valence-electron chi connectivity index (χ1n) is 7.01. The van der Waals surface area contributed by atoms with Crippen LogP contribution >= 0.6 is 0 Å². The summed E-state index contributed by atoms with van der Waals surface area (Å²) in [4.78, 5) is 6.73. The molecule has 1 N–H and O–H groups in total. The average Bonchev–Trinajstić information content (AvgIpc) is 2.54. The van der Waals surface area contributed by atoms with Crippen LogP contribution in [0.5, 0.6) is 11.5 Å². The minimum Gasteiger partial charge on any atom is -0.486 e. The summed E-state index contributed by atoms with van der Waals surface area (Å²) in [7, 11) is 0. The molecule has 0 amide bonds. The van der Waals surface area contributed by atoms with Crippen molar-refractivity contribution < 1.29 is 9.47 Å². The van der Waals surface area contributed by atoms with E-state index in [9.17, 15) is 0 Å². The van der Waals surface area contributed by atoms with Crippen molar-refractivity contribution in [3.05, 3.63) is 29.5 Å². The Balaban J connectivity index is 1.70. The number of anilines is 1.